The Balaban J connectivity index is 1.72. The van der Waals surface area contributed by atoms with Gasteiger partial charge in [-0.25, -0.2) is 4.79 Å². The molecule has 3 amide bonds. The number of nitrogens with zero attached hydrogens (tertiary/aromatic N) is 2. The van der Waals surface area contributed by atoms with Crippen LogP contribution in [0.4, 0.5) is 10.5 Å². The number of rotatable bonds is 3. The summed E-state index contributed by atoms with van der Waals surface area (Å²) in [6.45, 7) is 2.37. The summed E-state index contributed by atoms with van der Waals surface area (Å²) in [5.41, 5.74) is 2.21. The lowest BCUT2D eigenvalue weighted by Gasteiger charge is -2.19. The minimum atomic E-state index is -0.0674. The number of likely N-dealkylation sites (tertiary alicyclic amines) is 1. The van der Waals surface area contributed by atoms with Crippen LogP contribution in [0.1, 0.15) is 30.7 Å². The van der Waals surface area contributed by atoms with Crippen molar-refractivity contribution in [3.63, 3.8) is 0 Å². The molecule has 1 atom stereocenters. The van der Waals surface area contributed by atoms with Gasteiger partial charge in [0.05, 0.1) is 0 Å². The highest BCUT2D eigenvalue weighted by atomic mass is 16.2. The van der Waals surface area contributed by atoms with Crippen molar-refractivity contribution in [3.8, 4) is 0 Å². The van der Waals surface area contributed by atoms with Gasteiger partial charge in [0.25, 0.3) is 0 Å². The molecule has 0 radical (unpaired) electrons. The minimum absolute atomic E-state index is 0.0674. The SMILES string of the molecule is CNC(=O)N1CC(CCN2CCCC2=O)c2ccccc21. The molecule has 0 saturated carbocycles. The number of carbonyl (C=O) groups excluding carboxylic acids is 2. The van der Waals surface area contributed by atoms with E-state index in [9.17, 15) is 9.59 Å². The maximum atomic E-state index is 12.0. The van der Waals surface area contributed by atoms with Gasteiger partial charge in [0.1, 0.15) is 0 Å². The van der Waals surface area contributed by atoms with Crippen molar-refractivity contribution < 1.29 is 9.59 Å². The van der Waals surface area contributed by atoms with E-state index in [1.165, 1.54) is 5.56 Å². The number of carbonyl (C=O) groups is 2. The van der Waals surface area contributed by atoms with E-state index in [2.05, 4.69) is 11.4 Å². The van der Waals surface area contributed by atoms with Crippen LogP contribution in [0, 0.1) is 0 Å². The first-order chi connectivity index (χ1) is 10.2. The summed E-state index contributed by atoms with van der Waals surface area (Å²) in [6.07, 6.45) is 2.58. The molecule has 3 rings (SSSR count). The quantitative estimate of drug-likeness (QED) is 0.923. The van der Waals surface area contributed by atoms with Crippen LogP contribution >= 0.6 is 0 Å². The van der Waals surface area contributed by atoms with E-state index in [0.29, 0.717) is 18.9 Å². The van der Waals surface area contributed by atoms with Gasteiger partial charge in [-0.2, -0.15) is 0 Å². The van der Waals surface area contributed by atoms with Crippen LogP contribution in [0.3, 0.4) is 0 Å². The molecule has 0 bridgehead atoms. The molecule has 1 fully saturated rings. The van der Waals surface area contributed by atoms with Crippen LogP contribution in [-0.4, -0.2) is 43.5 Å². The van der Waals surface area contributed by atoms with Crippen molar-refractivity contribution in [2.24, 2.45) is 0 Å². The van der Waals surface area contributed by atoms with E-state index in [1.807, 2.05) is 23.1 Å². The molecule has 1 aromatic rings. The average Bonchev–Trinajstić information content (AvgIpc) is 3.08. The Morgan fingerprint density at radius 1 is 1.38 bits per heavy atom. The van der Waals surface area contributed by atoms with Gasteiger partial charge in [0.15, 0.2) is 0 Å². The predicted molar refractivity (Wildman–Crippen MR) is 81.4 cm³/mol. The van der Waals surface area contributed by atoms with Gasteiger partial charge in [0.2, 0.25) is 5.91 Å². The van der Waals surface area contributed by atoms with Gasteiger partial charge in [-0.1, -0.05) is 18.2 Å². The van der Waals surface area contributed by atoms with Gasteiger partial charge < -0.3 is 10.2 Å². The van der Waals surface area contributed by atoms with Crippen LogP contribution in [0.25, 0.3) is 0 Å². The van der Waals surface area contributed by atoms with Gasteiger partial charge in [-0.05, 0) is 24.5 Å². The number of anilines is 1. The van der Waals surface area contributed by atoms with Gasteiger partial charge in [-0.15, -0.1) is 0 Å². The molecule has 21 heavy (non-hydrogen) atoms. The topological polar surface area (TPSA) is 52.7 Å². The van der Waals surface area contributed by atoms with Crippen molar-refractivity contribution in [1.82, 2.24) is 10.2 Å². The fourth-order valence-corrected chi connectivity index (χ4v) is 3.32. The predicted octanol–water partition coefficient (Wildman–Crippen LogP) is 1.94. The third-order valence-corrected chi connectivity index (χ3v) is 4.45. The lowest BCUT2D eigenvalue weighted by atomic mass is 9.98. The number of hydrogen-bond acceptors (Lipinski definition) is 2. The Bertz CT molecular complexity index is 558. The zero-order valence-electron chi connectivity index (χ0n) is 12.3. The summed E-state index contributed by atoms with van der Waals surface area (Å²) >= 11 is 0. The number of fused-ring (bicyclic) bond motifs is 1. The van der Waals surface area contributed by atoms with Gasteiger partial charge >= 0.3 is 6.03 Å². The normalized spacial score (nSPS) is 20.8. The molecule has 5 nitrogen and oxygen atoms in total. The second kappa shape index (κ2) is 5.76. The van der Waals surface area contributed by atoms with Crippen molar-refractivity contribution in [2.45, 2.75) is 25.2 Å². The summed E-state index contributed by atoms with van der Waals surface area (Å²) in [4.78, 5) is 27.4. The summed E-state index contributed by atoms with van der Waals surface area (Å²) in [5.74, 6) is 0.580. The highest BCUT2D eigenvalue weighted by Crippen LogP contribution is 2.38. The number of para-hydroxylation sites is 1. The molecule has 0 aliphatic carbocycles. The molecule has 1 N–H and O–H groups in total. The minimum Gasteiger partial charge on any atom is -0.343 e. The monoisotopic (exact) mass is 287 g/mol. The number of amides is 3. The largest absolute Gasteiger partial charge is 0.343 e. The van der Waals surface area contributed by atoms with E-state index < -0.39 is 0 Å². The lowest BCUT2D eigenvalue weighted by molar-refractivity contribution is -0.127. The zero-order valence-corrected chi connectivity index (χ0v) is 12.3. The number of urea groups is 1. The molecular formula is C16H21N3O2. The second-order valence-electron chi connectivity index (χ2n) is 5.69. The van der Waals surface area contributed by atoms with Crippen LogP contribution in [0.5, 0.6) is 0 Å². The molecule has 0 aromatic heterocycles. The lowest BCUT2D eigenvalue weighted by Crippen LogP contribution is -2.37. The number of hydrogen-bond donors (Lipinski definition) is 1. The number of benzene rings is 1. The van der Waals surface area contributed by atoms with E-state index in [-0.39, 0.29) is 11.9 Å². The van der Waals surface area contributed by atoms with Gasteiger partial charge in [0, 0.05) is 44.7 Å². The molecule has 112 valence electrons. The molecule has 1 aromatic carbocycles. The van der Waals surface area contributed by atoms with Crippen molar-refractivity contribution in [1.29, 1.82) is 0 Å². The highest BCUT2D eigenvalue weighted by Gasteiger charge is 2.32. The van der Waals surface area contributed by atoms with Crippen LogP contribution in [0.15, 0.2) is 24.3 Å². The van der Waals surface area contributed by atoms with E-state index >= 15 is 0 Å². The van der Waals surface area contributed by atoms with Crippen LogP contribution in [-0.2, 0) is 4.79 Å². The van der Waals surface area contributed by atoms with Crippen molar-refractivity contribution >= 4 is 17.6 Å². The van der Waals surface area contributed by atoms with E-state index in [4.69, 9.17) is 0 Å². The molecule has 5 heteroatoms. The van der Waals surface area contributed by atoms with Crippen LogP contribution < -0.4 is 10.2 Å². The summed E-state index contributed by atoms with van der Waals surface area (Å²) in [5, 5.41) is 2.70. The molecule has 2 aliphatic heterocycles. The van der Waals surface area contributed by atoms with Crippen LogP contribution in [0.2, 0.25) is 0 Å². The maximum absolute atomic E-state index is 12.0. The highest BCUT2D eigenvalue weighted by molar-refractivity contribution is 5.94. The van der Waals surface area contributed by atoms with E-state index in [0.717, 1.165) is 31.6 Å². The Morgan fingerprint density at radius 3 is 2.90 bits per heavy atom. The third kappa shape index (κ3) is 2.60. The Morgan fingerprint density at radius 2 is 2.19 bits per heavy atom. The molecule has 1 saturated heterocycles. The average molecular weight is 287 g/mol. The molecular weight excluding hydrogens is 266 g/mol. The summed E-state index contributed by atoms with van der Waals surface area (Å²) in [6, 6.07) is 7.99. The Hall–Kier alpha value is -2.04. The fraction of sp³-hybridized carbons (Fsp3) is 0.500. The summed E-state index contributed by atoms with van der Waals surface area (Å²) in [7, 11) is 1.65. The first-order valence-corrected chi connectivity index (χ1v) is 7.56. The molecule has 1 unspecified atom stereocenters. The van der Waals surface area contributed by atoms with Crippen molar-refractivity contribution in [2.75, 3.05) is 31.6 Å². The zero-order chi connectivity index (χ0) is 14.8. The van der Waals surface area contributed by atoms with Crippen molar-refractivity contribution in [3.05, 3.63) is 29.8 Å². The first kappa shape index (κ1) is 13.9. The van der Waals surface area contributed by atoms with Gasteiger partial charge in [-0.3, -0.25) is 9.69 Å². The first-order valence-electron chi connectivity index (χ1n) is 7.56. The molecule has 2 heterocycles. The summed E-state index contributed by atoms with van der Waals surface area (Å²) < 4.78 is 0. The molecule has 2 aliphatic rings. The second-order valence-corrected chi connectivity index (χ2v) is 5.69. The molecule has 0 spiro atoms. The Kier molecular flexibility index (Phi) is 3.82. The maximum Gasteiger partial charge on any atom is 0.321 e. The number of nitrogens with one attached hydrogen (secondary N) is 1. The third-order valence-electron chi connectivity index (χ3n) is 4.45. The van der Waals surface area contributed by atoms with E-state index in [1.54, 1.807) is 11.9 Å². The smallest absolute Gasteiger partial charge is 0.321 e. The Labute approximate surface area is 124 Å². The standard InChI is InChI=1S/C16H21N3O2/c1-17-16(21)19-11-12(13-5-2-3-6-14(13)19)8-10-18-9-4-7-15(18)20/h2-3,5-6,12H,4,7-11H2,1H3,(H,17,21). The fourth-order valence-electron chi connectivity index (χ4n) is 3.32.